The van der Waals surface area contributed by atoms with E-state index in [9.17, 15) is 4.79 Å². The van der Waals surface area contributed by atoms with Crippen LogP contribution in [0.4, 0.5) is 0 Å². The maximum Gasteiger partial charge on any atom is 0.224 e. The quantitative estimate of drug-likeness (QED) is 0.786. The molecular weight excluding hydrogens is 242 g/mol. The molecule has 2 fully saturated rings. The Morgan fingerprint density at radius 3 is 2.68 bits per heavy atom. The van der Waals surface area contributed by atoms with Crippen molar-refractivity contribution in [2.24, 2.45) is 5.73 Å². The maximum atomic E-state index is 12.2. The Hall–Kier alpha value is -0.650. The van der Waals surface area contributed by atoms with E-state index in [0.717, 1.165) is 51.9 Å². The monoisotopic (exact) mass is 269 g/mol. The lowest BCUT2D eigenvalue weighted by molar-refractivity contribution is -0.131. The summed E-state index contributed by atoms with van der Waals surface area (Å²) in [5.74, 6) is 0.271. The van der Waals surface area contributed by atoms with Gasteiger partial charge in [-0.25, -0.2) is 0 Å². The smallest absolute Gasteiger partial charge is 0.224 e. The highest BCUT2D eigenvalue weighted by Gasteiger charge is 2.28. The van der Waals surface area contributed by atoms with E-state index >= 15 is 0 Å². The van der Waals surface area contributed by atoms with E-state index in [0.29, 0.717) is 19.1 Å². The Morgan fingerprint density at radius 2 is 2.05 bits per heavy atom. The zero-order valence-electron chi connectivity index (χ0n) is 12.0. The van der Waals surface area contributed by atoms with Crippen LogP contribution in [0.1, 0.15) is 32.1 Å². The third-order valence-electron chi connectivity index (χ3n) is 4.40. The molecule has 2 heterocycles. The number of hydrogen-bond acceptors (Lipinski definition) is 4. The van der Waals surface area contributed by atoms with Gasteiger partial charge in [-0.2, -0.15) is 0 Å². The largest absolute Gasteiger partial charge is 0.380 e. The van der Waals surface area contributed by atoms with E-state index in [1.807, 2.05) is 4.90 Å². The molecule has 0 aromatic rings. The molecule has 2 unspecified atom stereocenters. The number of likely N-dealkylation sites (tertiary alicyclic amines) is 2. The van der Waals surface area contributed by atoms with Gasteiger partial charge in [0.15, 0.2) is 0 Å². The van der Waals surface area contributed by atoms with Gasteiger partial charge >= 0.3 is 0 Å². The Labute approximate surface area is 116 Å². The summed E-state index contributed by atoms with van der Waals surface area (Å²) in [6.07, 6.45) is 5.40. The Bertz CT molecular complexity index is 292. The van der Waals surface area contributed by atoms with Crippen LogP contribution in [0, 0.1) is 0 Å². The van der Waals surface area contributed by atoms with E-state index in [4.69, 9.17) is 10.5 Å². The lowest BCUT2D eigenvalue weighted by Gasteiger charge is -2.37. The molecule has 0 saturated carbocycles. The third-order valence-corrected chi connectivity index (χ3v) is 4.40. The van der Waals surface area contributed by atoms with Crippen molar-refractivity contribution < 1.29 is 9.53 Å². The highest BCUT2D eigenvalue weighted by atomic mass is 16.5. The maximum absolute atomic E-state index is 12.2. The molecule has 0 radical (unpaired) electrons. The molecule has 0 bridgehead atoms. The molecule has 2 aliphatic rings. The second kappa shape index (κ2) is 7.22. The van der Waals surface area contributed by atoms with Crippen LogP contribution in [0.15, 0.2) is 0 Å². The van der Waals surface area contributed by atoms with Crippen LogP contribution in [0.25, 0.3) is 0 Å². The summed E-state index contributed by atoms with van der Waals surface area (Å²) in [4.78, 5) is 16.5. The summed E-state index contributed by atoms with van der Waals surface area (Å²) >= 11 is 0. The molecule has 5 heteroatoms. The van der Waals surface area contributed by atoms with Crippen molar-refractivity contribution >= 4 is 5.91 Å². The van der Waals surface area contributed by atoms with Crippen molar-refractivity contribution in [2.45, 2.75) is 44.2 Å². The van der Waals surface area contributed by atoms with Gasteiger partial charge in [0.25, 0.3) is 0 Å². The summed E-state index contributed by atoms with van der Waals surface area (Å²) in [7, 11) is 1.76. The fourth-order valence-corrected chi connectivity index (χ4v) is 3.15. The molecule has 2 atom stereocenters. The fourth-order valence-electron chi connectivity index (χ4n) is 3.15. The van der Waals surface area contributed by atoms with Gasteiger partial charge in [-0.15, -0.1) is 0 Å². The van der Waals surface area contributed by atoms with Gasteiger partial charge in [0.05, 0.1) is 6.10 Å². The minimum atomic E-state index is 0.172. The van der Waals surface area contributed by atoms with E-state index in [2.05, 4.69) is 4.90 Å². The minimum absolute atomic E-state index is 0.172. The zero-order valence-corrected chi connectivity index (χ0v) is 12.0. The average molecular weight is 269 g/mol. The predicted octanol–water partition coefficient (Wildman–Crippen LogP) is 0.437. The van der Waals surface area contributed by atoms with Crippen molar-refractivity contribution in [1.82, 2.24) is 9.80 Å². The van der Waals surface area contributed by atoms with Crippen LogP contribution in [0.2, 0.25) is 0 Å². The van der Waals surface area contributed by atoms with Crippen molar-refractivity contribution in [2.75, 3.05) is 39.8 Å². The summed E-state index contributed by atoms with van der Waals surface area (Å²) in [5, 5.41) is 0. The van der Waals surface area contributed by atoms with Gasteiger partial charge < -0.3 is 15.4 Å². The van der Waals surface area contributed by atoms with Gasteiger partial charge in [0.1, 0.15) is 0 Å². The first kappa shape index (κ1) is 14.8. The molecule has 2 saturated heterocycles. The molecule has 5 nitrogen and oxygen atoms in total. The number of carbonyl (C=O) groups is 1. The molecule has 0 aromatic heterocycles. The van der Waals surface area contributed by atoms with Crippen molar-refractivity contribution in [3.8, 4) is 0 Å². The molecule has 2 aliphatic heterocycles. The standard InChI is InChI=1S/C14H27N3O2/c1-19-13-5-4-8-17(11-13)12(10-15)9-14(18)16-6-2-3-7-16/h12-13H,2-11,15H2,1H3. The molecule has 2 rings (SSSR count). The number of methoxy groups -OCH3 is 1. The molecule has 19 heavy (non-hydrogen) atoms. The fraction of sp³-hybridized carbons (Fsp3) is 0.929. The number of nitrogens with two attached hydrogens (primary N) is 1. The predicted molar refractivity (Wildman–Crippen MR) is 74.9 cm³/mol. The number of nitrogens with zero attached hydrogens (tertiary/aromatic N) is 2. The van der Waals surface area contributed by atoms with Gasteiger partial charge in [-0.3, -0.25) is 9.69 Å². The highest BCUT2D eigenvalue weighted by Crippen LogP contribution is 2.18. The van der Waals surface area contributed by atoms with Crippen molar-refractivity contribution in [3.63, 3.8) is 0 Å². The number of rotatable bonds is 5. The molecule has 1 amide bonds. The first-order chi connectivity index (χ1) is 9.24. The van der Waals surface area contributed by atoms with Gasteiger partial charge in [0.2, 0.25) is 5.91 Å². The first-order valence-corrected chi connectivity index (χ1v) is 7.49. The summed E-state index contributed by atoms with van der Waals surface area (Å²) in [5.41, 5.74) is 5.88. The Morgan fingerprint density at radius 1 is 1.32 bits per heavy atom. The van der Waals surface area contributed by atoms with Gasteiger partial charge in [0, 0.05) is 45.8 Å². The number of piperidine rings is 1. The van der Waals surface area contributed by atoms with E-state index < -0.39 is 0 Å². The minimum Gasteiger partial charge on any atom is -0.380 e. The van der Waals surface area contributed by atoms with Crippen molar-refractivity contribution in [1.29, 1.82) is 0 Å². The Kier molecular flexibility index (Phi) is 5.60. The van der Waals surface area contributed by atoms with Gasteiger partial charge in [-0.05, 0) is 32.2 Å². The summed E-state index contributed by atoms with van der Waals surface area (Å²) in [6.45, 7) is 4.35. The lowest BCUT2D eigenvalue weighted by Crippen LogP contribution is -2.50. The second-order valence-corrected chi connectivity index (χ2v) is 5.68. The number of amides is 1. The van der Waals surface area contributed by atoms with E-state index in [-0.39, 0.29) is 11.9 Å². The summed E-state index contributed by atoms with van der Waals surface area (Å²) in [6, 6.07) is 0.172. The van der Waals surface area contributed by atoms with Crippen LogP contribution < -0.4 is 5.73 Å². The van der Waals surface area contributed by atoms with Crippen LogP contribution in [0.3, 0.4) is 0 Å². The van der Waals surface area contributed by atoms with Gasteiger partial charge in [-0.1, -0.05) is 0 Å². The second-order valence-electron chi connectivity index (χ2n) is 5.68. The van der Waals surface area contributed by atoms with Crippen LogP contribution in [0.5, 0.6) is 0 Å². The van der Waals surface area contributed by atoms with E-state index in [1.54, 1.807) is 7.11 Å². The molecule has 110 valence electrons. The molecular formula is C14H27N3O2. The Balaban J connectivity index is 1.86. The van der Waals surface area contributed by atoms with E-state index in [1.165, 1.54) is 0 Å². The number of ether oxygens (including phenoxy) is 1. The molecule has 0 aromatic carbocycles. The van der Waals surface area contributed by atoms with Crippen LogP contribution >= 0.6 is 0 Å². The molecule has 2 N–H and O–H groups in total. The zero-order chi connectivity index (χ0) is 13.7. The average Bonchev–Trinajstić information content (AvgIpc) is 2.98. The van der Waals surface area contributed by atoms with Crippen LogP contribution in [-0.2, 0) is 9.53 Å². The first-order valence-electron chi connectivity index (χ1n) is 7.49. The van der Waals surface area contributed by atoms with Crippen LogP contribution in [-0.4, -0.2) is 67.7 Å². The normalized spacial score (nSPS) is 26.6. The molecule has 0 spiro atoms. The lowest BCUT2D eigenvalue weighted by atomic mass is 10.0. The number of hydrogen-bond donors (Lipinski definition) is 1. The number of carbonyl (C=O) groups excluding carboxylic acids is 1. The summed E-state index contributed by atoms with van der Waals surface area (Å²) < 4.78 is 5.44. The SMILES string of the molecule is COC1CCCN(C(CN)CC(=O)N2CCCC2)C1. The molecule has 0 aliphatic carbocycles. The van der Waals surface area contributed by atoms with Crippen molar-refractivity contribution in [3.05, 3.63) is 0 Å². The third kappa shape index (κ3) is 3.91. The highest BCUT2D eigenvalue weighted by molar-refractivity contribution is 5.77. The topological polar surface area (TPSA) is 58.8 Å².